The predicted molar refractivity (Wildman–Crippen MR) is 138 cm³/mol. The number of amides is 1. The zero-order valence-electron chi connectivity index (χ0n) is 18.1. The van der Waals surface area contributed by atoms with Gasteiger partial charge < -0.3 is 5.32 Å². The van der Waals surface area contributed by atoms with Gasteiger partial charge in [-0.2, -0.15) is 0 Å². The second-order valence-electron chi connectivity index (χ2n) is 7.39. The second-order valence-corrected chi connectivity index (χ2v) is 12.3. The molecule has 0 spiro atoms. The molecule has 34 heavy (non-hydrogen) atoms. The Bertz CT molecular complexity index is 1410. The van der Waals surface area contributed by atoms with Gasteiger partial charge in [0.25, 0.3) is 10.0 Å². The first-order chi connectivity index (χ1) is 15.8. The molecule has 2 N–H and O–H groups in total. The Morgan fingerprint density at radius 2 is 1.53 bits per heavy atom. The molecule has 3 rings (SSSR count). The maximum Gasteiger partial charge on any atom is 0.261 e. The summed E-state index contributed by atoms with van der Waals surface area (Å²) >= 11 is 9.18. The van der Waals surface area contributed by atoms with Gasteiger partial charge in [-0.05, 0) is 79.2 Å². The van der Waals surface area contributed by atoms with Crippen LogP contribution in [-0.2, 0) is 24.8 Å². The molecule has 0 atom stereocenters. The maximum absolute atomic E-state index is 12.6. The van der Waals surface area contributed by atoms with Crippen molar-refractivity contribution in [3.8, 4) is 0 Å². The predicted octanol–water partition coefficient (Wildman–Crippen LogP) is 4.62. The zero-order chi connectivity index (χ0) is 25.1. The van der Waals surface area contributed by atoms with Crippen molar-refractivity contribution >= 4 is 70.5 Å². The summed E-state index contributed by atoms with van der Waals surface area (Å²) < 4.78 is 54.0. The first kappa shape index (κ1) is 26.0. The molecule has 0 saturated heterocycles. The Kier molecular flexibility index (Phi) is 7.91. The molecular weight excluding hydrogens is 566 g/mol. The Morgan fingerprint density at radius 1 is 0.941 bits per heavy atom. The molecule has 180 valence electrons. The third kappa shape index (κ3) is 6.72. The number of sulfonamides is 2. The molecule has 12 heteroatoms. The fraction of sp³-hybridized carbons (Fsp3) is 0.136. The van der Waals surface area contributed by atoms with Crippen molar-refractivity contribution in [2.45, 2.75) is 11.8 Å². The number of benzene rings is 3. The van der Waals surface area contributed by atoms with Crippen LogP contribution in [0.25, 0.3) is 0 Å². The van der Waals surface area contributed by atoms with Crippen LogP contribution in [0.1, 0.15) is 5.56 Å². The second kappa shape index (κ2) is 10.3. The maximum atomic E-state index is 12.6. The van der Waals surface area contributed by atoms with Gasteiger partial charge in [-0.3, -0.25) is 13.8 Å². The van der Waals surface area contributed by atoms with Crippen molar-refractivity contribution in [2.24, 2.45) is 0 Å². The lowest BCUT2D eigenvalue weighted by atomic mass is 10.2. The third-order valence-corrected chi connectivity index (χ3v) is 8.34. The summed E-state index contributed by atoms with van der Waals surface area (Å²) in [6.45, 7) is 1.36. The fourth-order valence-electron chi connectivity index (χ4n) is 2.96. The molecule has 0 aliphatic carbocycles. The molecule has 1 amide bonds. The summed E-state index contributed by atoms with van der Waals surface area (Å²) in [6, 6.07) is 16.7. The standard InChI is InChI=1S/C22H21BrClN3O5S2/c1-15-13-19(9-12-21(15)23)27(33(2,29)30)14-22(28)25-17-7-10-20(11-8-17)34(31,32)26-18-5-3-16(24)4-6-18/h3-13,26H,14H2,1-2H3,(H,25,28). The van der Waals surface area contributed by atoms with Gasteiger partial charge in [-0.25, -0.2) is 16.8 Å². The topological polar surface area (TPSA) is 113 Å². The number of rotatable bonds is 8. The van der Waals surface area contributed by atoms with E-state index in [1.165, 1.54) is 36.4 Å². The SMILES string of the molecule is Cc1cc(N(CC(=O)Nc2ccc(S(=O)(=O)Nc3ccc(Cl)cc3)cc2)S(C)(=O)=O)ccc1Br. The van der Waals surface area contributed by atoms with Crippen molar-refractivity contribution < 1.29 is 21.6 Å². The molecule has 0 aliphatic heterocycles. The minimum atomic E-state index is -3.85. The first-order valence-electron chi connectivity index (χ1n) is 9.77. The van der Waals surface area contributed by atoms with Gasteiger partial charge >= 0.3 is 0 Å². The van der Waals surface area contributed by atoms with E-state index in [1.807, 2.05) is 6.92 Å². The quantitative estimate of drug-likeness (QED) is 0.400. The van der Waals surface area contributed by atoms with Crippen molar-refractivity contribution in [2.75, 3.05) is 27.1 Å². The Labute approximate surface area is 212 Å². The van der Waals surface area contributed by atoms with Crippen LogP contribution < -0.4 is 14.3 Å². The normalized spacial score (nSPS) is 11.6. The minimum Gasteiger partial charge on any atom is -0.325 e. The highest BCUT2D eigenvalue weighted by Gasteiger charge is 2.22. The molecule has 0 aromatic heterocycles. The van der Waals surface area contributed by atoms with E-state index >= 15 is 0 Å². The van der Waals surface area contributed by atoms with E-state index < -0.39 is 32.5 Å². The molecule has 3 aromatic rings. The molecule has 8 nitrogen and oxygen atoms in total. The number of nitrogens with zero attached hydrogens (tertiary/aromatic N) is 1. The van der Waals surface area contributed by atoms with E-state index in [9.17, 15) is 21.6 Å². The number of hydrogen-bond acceptors (Lipinski definition) is 5. The summed E-state index contributed by atoms with van der Waals surface area (Å²) in [5.74, 6) is -0.583. The van der Waals surface area contributed by atoms with Gasteiger partial charge in [0.15, 0.2) is 0 Å². The molecule has 3 aromatic carbocycles. The number of anilines is 3. The van der Waals surface area contributed by atoms with Crippen LogP contribution in [-0.4, -0.2) is 35.5 Å². The van der Waals surface area contributed by atoms with E-state index in [2.05, 4.69) is 26.0 Å². The van der Waals surface area contributed by atoms with E-state index in [4.69, 9.17) is 11.6 Å². The summed E-state index contributed by atoms with van der Waals surface area (Å²) in [5.41, 5.74) is 1.84. The molecule has 0 radical (unpaired) electrons. The van der Waals surface area contributed by atoms with Gasteiger partial charge in [0.1, 0.15) is 6.54 Å². The molecule has 0 saturated carbocycles. The van der Waals surface area contributed by atoms with Gasteiger partial charge in [-0.15, -0.1) is 0 Å². The molecule has 0 heterocycles. The van der Waals surface area contributed by atoms with E-state index in [1.54, 1.807) is 30.3 Å². The van der Waals surface area contributed by atoms with Crippen LogP contribution in [0.5, 0.6) is 0 Å². The smallest absolute Gasteiger partial charge is 0.261 e. The number of hydrogen-bond donors (Lipinski definition) is 2. The van der Waals surface area contributed by atoms with E-state index in [0.29, 0.717) is 22.1 Å². The number of halogens is 2. The lowest BCUT2D eigenvalue weighted by molar-refractivity contribution is -0.114. The zero-order valence-corrected chi connectivity index (χ0v) is 22.1. The van der Waals surface area contributed by atoms with E-state index in [-0.39, 0.29) is 4.90 Å². The molecule has 0 fully saturated rings. The Hall–Kier alpha value is -2.60. The van der Waals surface area contributed by atoms with E-state index in [0.717, 1.165) is 20.6 Å². The Morgan fingerprint density at radius 3 is 2.09 bits per heavy atom. The summed E-state index contributed by atoms with van der Waals surface area (Å²) in [5, 5.41) is 3.07. The van der Waals surface area contributed by atoms with Gasteiger partial charge in [0, 0.05) is 20.9 Å². The summed E-state index contributed by atoms with van der Waals surface area (Å²) in [4.78, 5) is 12.6. The fourth-order valence-corrected chi connectivity index (χ4v) is 5.24. The Balaban J connectivity index is 1.71. The molecular formula is C22H21BrClN3O5S2. The summed E-state index contributed by atoms with van der Waals surface area (Å²) in [6.07, 6.45) is 1.02. The average molecular weight is 587 g/mol. The summed E-state index contributed by atoms with van der Waals surface area (Å²) in [7, 11) is -7.58. The largest absolute Gasteiger partial charge is 0.325 e. The molecule has 0 bridgehead atoms. The van der Waals surface area contributed by atoms with Crippen LogP contribution in [0, 0.1) is 6.92 Å². The van der Waals surface area contributed by atoms with Crippen molar-refractivity contribution in [1.82, 2.24) is 0 Å². The lowest BCUT2D eigenvalue weighted by Gasteiger charge is -2.22. The molecule has 0 unspecified atom stereocenters. The number of nitrogens with one attached hydrogen (secondary N) is 2. The highest BCUT2D eigenvalue weighted by atomic mass is 79.9. The minimum absolute atomic E-state index is 0.0106. The number of carbonyl (C=O) groups excluding carboxylic acids is 1. The van der Waals surface area contributed by atoms with Crippen LogP contribution in [0.3, 0.4) is 0 Å². The average Bonchev–Trinajstić information content (AvgIpc) is 2.75. The monoisotopic (exact) mass is 585 g/mol. The lowest BCUT2D eigenvalue weighted by Crippen LogP contribution is -2.37. The van der Waals surface area contributed by atoms with Crippen LogP contribution in [0.15, 0.2) is 76.1 Å². The highest BCUT2D eigenvalue weighted by Crippen LogP contribution is 2.25. The van der Waals surface area contributed by atoms with Gasteiger partial charge in [0.05, 0.1) is 16.8 Å². The highest BCUT2D eigenvalue weighted by molar-refractivity contribution is 9.10. The third-order valence-electron chi connectivity index (χ3n) is 4.66. The van der Waals surface area contributed by atoms with Gasteiger partial charge in [0.2, 0.25) is 15.9 Å². The van der Waals surface area contributed by atoms with Gasteiger partial charge in [-0.1, -0.05) is 27.5 Å². The van der Waals surface area contributed by atoms with Crippen molar-refractivity contribution in [1.29, 1.82) is 0 Å². The number of carbonyl (C=O) groups is 1. The van der Waals surface area contributed by atoms with Crippen LogP contribution >= 0.6 is 27.5 Å². The molecule has 0 aliphatic rings. The van der Waals surface area contributed by atoms with Crippen LogP contribution in [0.4, 0.5) is 17.1 Å². The van der Waals surface area contributed by atoms with Crippen LogP contribution in [0.2, 0.25) is 5.02 Å². The first-order valence-corrected chi connectivity index (χ1v) is 14.3. The van der Waals surface area contributed by atoms with Crippen molar-refractivity contribution in [3.05, 3.63) is 81.8 Å². The van der Waals surface area contributed by atoms with Crippen molar-refractivity contribution in [3.63, 3.8) is 0 Å². The number of aryl methyl sites for hydroxylation is 1.